The Morgan fingerprint density at radius 2 is 1.75 bits per heavy atom. The largest absolute Gasteiger partial charge is 0.336 e. The molecule has 0 N–H and O–H groups in total. The lowest BCUT2D eigenvalue weighted by Crippen LogP contribution is -2.25. The minimum atomic E-state index is 0.241. The highest BCUT2D eigenvalue weighted by Gasteiger charge is 2.22. The first kappa shape index (κ1) is 6.47. The lowest BCUT2D eigenvalue weighted by molar-refractivity contribution is 0.0714. The van der Waals surface area contributed by atoms with Gasteiger partial charge in [-0.3, -0.25) is 0 Å². The van der Waals surface area contributed by atoms with Gasteiger partial charge in [0.05, 0.1) is 13.2 Å². The van der Waals surface area contributed by atoms with E-state index in [0.717, 1.165) is 13.2 Å². The van der Waals surface area contributed by atoms with Gasteiger partial charge in [-0.1, -0.05) is 13.8 Å². The molecule has 0 amide bonds. The number of rotatable bonds is 0. The molecule has 48 valence electrons. The van der Waals surface area contributed by atoms with Crippen molar-refractivity contribution in [2.45, 2.75) is 13.8 Å². The highest BCUT2D eigenvalue weighted by Crippen LogP contribution is 2.30. The summed E-state index contributed by atoms with van der Waals surface area (Å²) in [6.45, 7) is 5.95. The smallest absolute Gasteiger partial charge is 0.155 e. The normalized spacial score (nSPS) is 27.8. The second-order valence-corrected chi connectivity index (χ2v) is 3.57. The third-order valence-electron chi connectivity index (χ3n) is 1.04. The van der Waals surface area contributed by atoms with E-state index in [1.165, 1.54) is 0 Å². The molecule has 0 atom stereocenters. The van der Waals surface area contributed by atoms with Crippen molar-refractivity contribution in [3.8, 4) is 0 Å². The monoisotopic (exact) mass is 134 g/mol. The summed E-state index contributed by atoms with van der Waals surface area (Å²) in [6, 6.07) is 0. The van der Waals surface area contributed by atoms with Gasteiger partial charge in [0, 0.05) is 5.41 Å². The fraction of sp³-hybridized carbons (Fsp3) is 1.00. The van der Waals surface area contributed by atoms with Crippen LogP contribution in [0.15, 0.2) is 0 Å². The van der Waals surface area contributed by atoms with E-state index in [4.69, 9.17) is 9.05 Å². The summed E-state index contributed by atoms with van der Waals surface area (Å²) in [6.07, 6.45) is 0. The number of hydrogen-bond acceptors (Lipinski definition) is 2. The Hall–Kier alpha value is 0.350. The molecule has 0 spiro atoms. The topological polar surface area (TPSA) is 18.5 Å². The van der Waals surface area contributed by atoms with Crippen molar-refractivity contribution in [3.05, 3.63) is 0 Å². The van der Waals surface area contributed by atoms with Crippen LogP contribution in [-0.4, -0.2) is 13.2 Å². The van der Waals surface area contributed by atoms with Gasteiger partial charge in [0.15, 0.2) is 9.03 Å². The van der Waals surface area contributed by atoms with Crippen LogP contribution in [-0.2, 0) is 9.05 Å². The first-order valence-electron chi connectivity index (χ1n) is 2.69. The Morgan fingerprint density at radius 1 is 1.25 bits per heavy atom. The zero-order valence-corrected chi connectivity index (χ0v) is 6.23. The maximum atomic E-state index is 5.09. The average Bonchev–Trinajstić information content (AvgIpc) is 1.65. The van der Waals surface area contributed by atoms with Crippen LogP contribution >= 0.6 is 9.03 Å². The maximum Gasteiger partial charge on any atom is 0.155 e. The lowest BCUT2D eigenvalue weighted by Gasteiger charge is -2.27. The van der Waals surface area contributed by atoms with E-state index in [0.29, 0.717) is 0 Å². The van der Waals surface area contributed by atoms with Crippen molar-refractivity contribution in [2.75, 3.05) is 13.2 Å². The van der Waals surface area contributed by atoms with E-state index < -0.39 is 0 Å². The van der Waals surface area contributed by atoms with E-state index >= 15 is 0 Å². The molecule has 0 saturated carbocycles. The highest BCUT2D eigenvalue weighted by atomic mass is 31.1. The molecule has 1 saturated heterocycles. The van der Waals surface area contributed by atoms with Gasteiger partial charge in [-0.25, -0.2) is 0 Å². The van der Waals surface area contributed by atoms with Crippen LogP contribution in [0.2, 0.25) is 0 Å². The van der Waals surface area contributed by atoms with Crippen LogP contribution < -0.4 is 0 Å². The summed E-state index contributed by atoms with van der Waals surface area (Å²) in [5.74, 6) is 0. The molecule has 1 heterocycles. The van der Waals surface area contributed by atoms with Crippen LogP contribution in [0.25, 0.3) is 0 Å². The number of hydrogen-bond donors (Lipinski definition) is 0. The molecule has 1 aliphatic heterocycles. The zero-order chi connectivity index (χ0) is 6.04. The Bertz CT molecular complexity index is 74.5. The standard InChI is InChI=1S/C5H11O2P/c1-5(2)3-6-8-7-4-5/h8H,3-4H2,1-2H3. The minimum Gasteiger partial charge on any atom is -0.336 e. The van der Waals surface area contributed by atoms with Crippen molar-refractivity contribution in [1.29, 1.82) is 0 Å². The zero-order valence-electron chi connectivity index (χ0n) is 5.23. The predicted octanol–water partition coefficient (Wildman–Crippen LogP) is 1.57. The molecule has 0 aromatic heterocycles. The lowest BCUT2D eigenvalue weighted by atomic mass is 9.97. The Kier molecular flexibility index (Phi) is 1.86. The quantitative estimate of drug-likeness (QED) is 0.468. The van der Waals surface area contributed by atoms with Crippen LogP contribution in [0, 0.1) is 5.41 Å². The van der Waals surface area contributed by atoms with Gasteiger partial charge in [-0.15, -0.1) is 0 Å². The molecular weight excluding hydrogens is 123 g/mol. The second-order valence-electron chi connectivity index (χ2n) is 2.82. The molecule has 0 aromatic carbocycles. The van der Waals surface area contributed by atoms with E-state index in [-0.39, 0.29) is 14.4 Å². The van der Waals surface area contributed by atoms with Crippen molar-refractivity contribution >= 4 is 9.03 Å². The van der Waals surface area contributed by atoms with Gasteiger partial charge in [-0.2, -0.15) is 0 Å². The maximum absolute atomic E-state index is 5.09. The third kappa shape index (κ3) is 1.70. The highest BCUT2D eigenvalue weighted by molar-refractivity contribution is 7.26. The third-order valence-corrected chi connectivity index (χ3v) is 1.57. The molecule has 1 fully saturated rings. The first-order valence-corrected chi connectivity index (χ1v) is 3.51. The molecule has 2 nitrogen and oxygen atoms in total. The molecule has 1 aliphatic rings. The first-order chi connectivity index (χ1) is 3.71. The molecule has 0 radical (unpaired) electrons. The second kappa shape index (κ2) is 2.30. The summed E-state index contributed by atoms with van der Waals surface area (Å²) in [4.78, 5) is 0. The summed E-state index contributed by atoms with van der Waals surface area (Å²) in [7, 11) is 0.268. The summed E-state index contributed by atoms with van der Waals surface area (Å²) in [5, 5.41) is 0. The van der Waals surface area contributed by atoms with Crippen LogP contribution in [0.4, 0.5) is 0 Å². The SMILES string of the molecule is CC1(C)COPOC1. The predicted molar refractivity (Wildman–Crippen MR) is 34.0 cm³/mol. The van der Waals surface area contributed by atoms with E-state index in [1.54, 1.807) is 0 Å². The van der Waals surface area contributed by atoms with E-state index in [2.05, 4.69) is 13.8 Å². The average molecular weight is 134 g/mol. The van der Waals surface area contributed by atoms with Crippen LogP contribution in [0.3, 0.4) is 0 Å². The molecule has 0 bridgehead atoms. The Balaban J connectivity index is 2.33. The van der Waals surface area contributed by atoms with Gasteiger partial charge in [0.25, 0.3) is 0 Å². The van der Waals surface area contributed by atoms with E-state index in [9.17, 15) is 0 Å². The Morgan fingerprint density at radius 3 is 2.00 bits per heavy atom. The molecule has 0 aliphatic carbocycles. The van der Waals surface area contributed by atoms with Gasteiger partial charge in [0.2, 0.25) is 0 Å². The van der Waals surface area contributed by atoms with Crippen molar-refractivity contribution in [2.24, 2.45) is 5.41 Å². The van der Waals surface area contributed by atoms with Crippen molar-refractivity contribution in [3.63, 3.8) is 0 Å². The molecule has 0 aromatic rings. The minimum absolute atomic E-state index is 0.241. The fourth-order valence-corrected chi connectivity index (χ4v) is 1.52. The van der Waals surface area contributed by atoms with Gasteiger partial charge < -0.3 is 9.05 Å². The molecule has 1 rings (SSSR count). The Labute approximate surface area is 51.5 Å². The van der Waals surface area contributed by atoms with Gasteiger partial charge in [0.1, 0.15) is 0 Å². The van der Waals surface area contributed by atoms with Crippen LogP contribution in [0.5, 0.6) is 0 Å². The molecular formula is C5H11O2P. The summed E-state index contributed by atoms with van der Waals surface area (Å²) in [5.41, 5.74) is 0.241. The summed E-state index contributed by atoms with van der Waals surface area (Å²) >= 11 is 0. The summed E-state index contributed by atoms with van der Waals surface area (Å²) < 4.78 is 10.2. The fourth-order valence-electron chi connectivity index (χ4n) is 0.533. The van der Waals surface area contributed by atoms with Crippen molar-refractivity contribution in [1.82, 2.24) is 0 Å². The van der Waals surface area contributed by atoms with Crippen molar-refractivity contribution < 1.29 is 9.05 Å². The van der Waals surface area contributed by atoms with Gasteiger partial charge in [-0.05, 0) is 0 Å². The van der Waals surface area contributed by atoms with Gasteiger partial charge >= 0.3 is 0 Å². The molecule has 8 heavy (non-hydrogen) atoms. The van der Waals surface area contributed by atoms with E-state index in [1.807, 2.05) is 0 Å². The molecule has 3 heteroatoms. The van der Waals surface area contributed by atoms with Crippen LogP contribution in [0.1, 0.15) is 13.8 Å². The molecule has 0 unspecified atom stereocenters.